The summed E-state index contributed by atoms with van der Waals surface area (Å²) in [6.07, 6.45) is 0. The average molecular weight is 397 g/mol. The number of halogens is 1. The van der Waals surface area contributed by atoms with Crippen molar-refractivity contribution in [1.29, 1.82) is 0 Å². The normalized spacial score (nSPS) is 12.6. The fourth-order valence-electron chi connectivity index (χ4n) is 2.71. The van der Waals surface area contributed by atoms with Gasteiger partial charge in [0.1, 0.15) is 5.82 Å². The zero-order chi connectivity index (χ0) is 19.9. The number of nitrogens with one attached hydrogen (secondary N) is 2. The Labute approximate surface area is 170 Å². The highest BCUT2D eigenvalue weighted by molar-refractivity contribution is 6.30. The van der Waals surface area contributed by atoms with Crippen LogP contribution >= 0.6 is 11.6 Å². The summed E-state index contributed by atoms with van der Waals surface area (Å²) in [4.78, 5) is 4.73. The van der Waals surface area contributed by atoms with Crippen molar-refractivity contribution in [2.24, 2.45) is 12.0 Å². The smallest absolute Gasteiger partial charge is 0.192 e. The second-order valence-corrected chi connectivity index (χ2v) is 7.08. The Bertz CT molecular complexity index is 918. The van der Waals surface area contributed by atoms with E-state index in [1.54, 1.807) is 0 Å². The number of guanidine groups is 1. The second kappa shape index (κ2) is 9.37. The Kier molecular flexibility index (Phi) is 6.66. The van der Waals surface area contributed by atoms with Crippen molar-refractivity contribution in [3.8, 4) is 0 Å². The van der Waals surface area contributed by atoms with E-state index in [1.807, 2.05) is 61.0 Å². The summed E-state index contributed by atoms with van der Waals surface area (Å²) in [5.74, 6) is 2.44. The maximum atomic E-state index is 5.97. The molecule has 0 aliphatic heterocycles. The van der Waals surface area contributed by atoms with E-state index in [4.69, 9.17) is 16.6 Å². The fraction of sp³-hybridized carbons (Fsp3) is 0.286. The summed E-state index contributed by atoms with van der Waals surface area (Å²) in [6.45, 7) is 5.13. The third kappa shape index (κ3) is 5.33. The molecule has 1 aromatic heterocycles. The van der Waals surface area contributed by atoms with Gasteiger partial charge in [0.15, 0.2) is 11.8 Å². The van der Waals surface area contributed by atoms with E-state index in [0.29, 0.717) is 19.0 Å². The molecular weight excluding hydrogens is 372 g/mol. The molecule has 0 aliphatic rings. The molecule has 7 heteroatoms. The summed E-state index contributed by atoms with van der Waals surface area (Å²) in [5, 5.41) is 15.9. The van der Waals surface area contributed by atoms with Crippen LogP contribution in [0.4, 0.5) is 0 Å². The number of hydrogen-bond acceptors (Lipinski definition) is 3. The molecule has 1 unspecified atom stereocenters. The van der Waals surface area contributed by atoms with Gasteiger partial charge >= 0.3 is 0 Å². The first kappa shape index (κ1) is 19.9. The van der Waals surface area contributed by atoms with Crippen LogP contribution in [0, 0.1) is 6.92 Å². The lowest BCUT2D eigenvalue weighted by atomic mass is 10.1. The first-order chi connectivity index (χ1) is 13.5. The van der Waals surface area contributed by atoms with E-state index in [9.17, 15) is 0 Å². The molecular formula is C21H25ClN6. The van der Waals surface area contributed by atoms with Crippen LogP contribution in [0.25, 0.3) is 0 Å². The third-order valence-electron chi connectivity index (χ3n) is 4.58. The molecule has 0 spiro atoms. The van der Waals surface area contributed by atoms with Gasteiger partial charge in [-0.2, -0.15) is 0 Å². The van der Waals surface area contributed by atoms with E-state index in [1.165, 1.54) is 5.56 Å². The van der Waals surface area contributed by atoms with Crippen LogP contribution in [0.1, 0.15) is 35.7 Å². The Hall–Kier alpha value is -2.86. The minimum atomic E-state index is 0.110. The molecule has 146 valence electrons. The summed E-state index contributed by atoms with van der Waals surface area (Å²) in [5.41, 5.74) is 2.28. The molecule has 1 atom stereocenters. The van der Waals surface area contributed by atoms with Crippen LogP contribution in [0.15, 0.2) is 59.6 Å². The lowest BCUT2D eigenvalue weighted by Crippen LogP contribution is -2.39. The number of rotatable bonds is 6. The SMILES string of the molecule is Cc1nnc(CNC(=NCc2ccc(Cl)cc2)NC(C)c2ccccc2)n1C. The Morgan fingerprint density at radius 2 is 1.82 bits per heavy atom. The number of hydrogen-bond donors (Lipinski definition) is 2. The standard InChI is InChI=1S/C21H25ClN6/c1-15(18-7-5-4-6-8-18)25-21(23-13-17-9-11-19(22)12-10-17)24-14-20-27-26-16(2)28(20)3/h4-12,15H,13-14H2,1-3H3,(H2,23,24,25). The molecule has 0 aliphatic carbocycles. The van der Waals surface area contributed by atoms with E-state index in [-0.39, 0.29) is 6.04 Å². The monoisotopic (exact) mass is 396 g/mol. The number of aromatic nitrogens is 3. The number of benzene rings is 2. The van der Waals surface area contributed by atoms with Crippen molar-refractivity contribution >= 4 is 17.6 Å². The van der Waals surface area contributed by atoms with Gasteiger partial charge < -0.3 is 15.2 Å². The van der Waals surface area contributed by atoms with Crippen LogP contribution in [0.5, 0.6) is 0 Å². The van der Waals surface area contributed by atoms with Gasteiger partial charge in [0, 0.05) is 12.1 Å². The van der Waals surface area contributed by atoms with Crippen molar-refractivity contribution in [3.63, 3.8) is 0 Å². The number of aryl methyl sites for hydroxylation is 1. The first-order valence-electron chi connectivity index (χ1n) is 9.22. The van der Waals surface area contributed by atoms with Gasteiger partial charge in [-0.3, -0.25) is 0 Å². The second-order valence-electron chi connectivity index (χ2n) is 6.64. The van der Waals surface area contributed by atoms with Gasteiger partial charge in [-0.25, -0.2) is 4.99 Å². The zero-order valence-electron chi connectivity index (χ0n) is 16.4. The summed E-state index contributed by atoms with van der Waals surface area (Å²) < 4.78 is 1.96. The van der Waals surface area contributed by atoms with Crippen molar-refractivity contribution in [1.82, 2.24) is 25.4 Å². The maximum absolute atomic E-state index is 5.97. The fourth-order valence-corrected chi connectivity index (χ4v) is 2.84. The largest absolute Gasteiger partial charge is 0.350 e. The van der Waals surface area contributed by atoms with Crippen LogP contribution in [-0.4, -0.2) is 20.7 Å². The number of aliphatic imine (C=N–C) groups is 1. The molecule has 1 heterocycles. The van der Waals surface area contributed by atoms with Gasteiger partial charge in [0.05, 0.1) is 19.1 Å². The van der Waals surface area contributed by atoms with Crippen LogP contribution in [0.2, 0.25) is 5.02 Å². The van der Waals surface area contributed by atoms with Crippen molar-refractivity contribution in [3.05, 3.63) is 82.4 Å². The third-order valence-corrected chi connectivity index (χ3v) is 4.83. The zero-order valence-corrected chi connectivity index (χ0v) is 17.1. The van der Waals surface area contributed by atoms with Gasteiger partial charge in [-0.05, 0) is 37.1 Å². The minimum Gasteiger partial charge on any atom is -0.350 e. The number of nitrogens with zero attached hydrogens (tertiary/aromatic N) is 4. The highest BCUT2D eigenvalue weighted by Crippen LogP contribution is 2.12. The van der Waals surface area contributed by atoms with Crippen molar-refractivity contribution < 1.29 is 0 Å². The average Bonchev–Trinajstić information content (AvgIpc) is 3.04. The predicted octanol–water partition coefficient (Wildman–Crippen LogP) is 3.77. The molecule has 0 saturated carbocycles. The summed E-state index contributed by atoms with van der Waals surface area (Å²) >= 11 is 5.97. The molecule has 3 aromatic rings. The molecule has 6 nitrogen and oxygen atoms in total. The highest BCUT2D eigenvalue weighted by atomic mass is 35.5. The van der Waals surface area contributed by atoms with Crippen LogP contribution in [-0.2, 0) is 20.1 Å². The molecule has 0 saturated heterocycles. The minimum absolute atomic E-state index is 0.110. The van der Waals surface area contributed by atoms with E-state index < -0.39 is 0 Å². The van der Waals surface area contributed by atoms with E-state index >= 15 is 0 Å². The Morgan fingerprint density at radius 3 is 2.46 bits per heavy atom. The van der Waals surface area contributed by atoms with Gasteiger partial charge in [-0.15, -0.1) is 10.2 Å². The van der Waals surface area contributed by atoms with E-state index in [2.05, 4.69) is 39.9 Å². The highest BCUT2D eigenvalue weighted by Gasteiger charge is 2.10. The van der Waals surface area contributed by atoms with Crippen molar-refractivity contribution in [2.75, 3.05) is 0 Å². The van der Waals surface area contributed by atoms with Crippen molar-refractivity contribution in [2.45, 2.75) is 33.0 Å². The molecule has 28 heavy (non-hydrogen) atoms. The summed E-state index contributed by atoms with van der Waals surface area (Å²) in [7, 11) is 1.96. The quantitative estimate of drug-likeness (QED) is 0.491. The molecule has 0 radical (unpaired) electrons. The van der Waals surface area contributed by atoms with Crippen LogP contribution < -0.4 is 10.6 Å². The molecule has 2 aromatic carbocycles. The molecule has 0 bridgehead atoms. The lowest BCUT2D eigenvalue weighted by Gasteiger charge is -2.18. The predicted molar refractivity (Wildman–Crippen MR) is 113 cm³/mol. The first-order valence-corrected chi connectivity index (χ1v) is 9.60. The maximum Gasteiger partial charge on any atom is 0.192 e. The molecule has 2 N–H and O–H groups in total. The lowest BCUT2D eigenvalue weighted by molar-refractivity contribution is 0.664. The Balaban J connectivity index is 1.73. The molecule has 3 rings (SSSR count). The van der Waals surface area contributed by atoms with Gasteiger partial charge in [0.25, 0.3) is 0 Å². The van der Waals surface area contributed by atoms with E-state index in [0.717, 1.165) is 22.2 Å². The summed E-state index contributed by atoms with van der Waals surface area (Å²) in [6, 6.07) is 18.1. The molecule has 0 amide bonds. The molecule has 0 fully saturated rings. The van der Waals surface area contributed by atoms with Crippen LogP contribution in [0.3, 0.4) is 0 Å². The topological polar surface area (TPSA) is 67.1 Å². The van der Waals surface area contributed by atoms with Gasteiger partial charge in [0.2, 0.25) is 0 Å². The van der Waals surface area contributed by atoms with Gasteiger partial charge in [-0.1, -0.05) is 54.1 Å². The Morgan fingerprint density at radius 1 is 1.11 bits per heavy atom.